The van der Waals surface area contributed by atoms with E-state index in [9.17, 15) is 15.0 Å². The monoisotopic (exact) mass is 378 g/mol. The van der Waals surface area contributed by atoms with Crippen molar-refractivity contribution in [2.24, 2.45) is 0 Å². The lowest BCUT2D eigenvalue weighted by Gasteiger charge is -2.14. The van der Waals surface area contributed by atoms with Gasteiger partial charge in [-0.2, -0.15) is 0 Å². The van der Waals surface area contributed by atoms with E-state index < -0.39 is 0 Å². The highest BCUT2D eigenvalue weighted by atomic mass is 16.5. The molecule has 0 radical (unpaired) electrons. The third-order valence-electron chi connectivity index (χ3n) is 4.28. The first-order chi connectivity index (χ1) is 13.5. The topological polar surface area (TPSA) is 76.0 Å². The van der Waals surface area contributed by atoms with Crippen molar-refractivity contribution in [2.45, 2.75) is 25.9 Å². The number of hydrogen-bond donors (Lipinski definition) is 2. The van der Waals surface area contributed by atoms with Gasteiger partial charge in [-0.1, -0.05) is 24.3 Å². The highest BCUT2D eigenvalue weighted by Crippen LogP contribution is 2.24. The quantitative estimate of drug-likeness (QED) is 0.558. The molecule has 0 saturated carbocycles. The van der Waals surface area contributed by atoms with Gasteiger partial charge in [0.05, 0.1) is 0 Å². The molecule has 0 aliphatic heterocycles. The van der Waals surface area contributed by atoms with Crippen LogP contribution in [0.5, 0.6) is 23.0 Å². The van der Waals surface area contributed by atoms with E-state index in [1.807, 2.05) is 24.3 Å². The van der Waals surface area contributed by atoms with Crippen molar-refractivity contribution < 1.29 is 24.5 Å². The lowest BCUT2D eigenvalue weighted by molar-refractivity contribution is -0.148. The van der Waals surface area contributed by atoms with E-state index >= 15 is 0 Å². The fraction of sp³-hybridized carbons (Fsp3) is 0.174. The summed E-state index contributed by atoms with van der Waals surface area (Å²) in [7, 11) is 0. The minimum Gasteiger partial charge on any atom is -0.508 e. The van der Waals surface area contributed by atoms with Crippen LogP contribution in [-0.2, 0) is 16.0 Å². The van der Waals surface area contributed by atoms with Gasteiger partial charge in [-0.15, -0.1) is 0 Å². The minimum atomic E-state index is -0.366. The molecule has 0 aliphatic carbocycles. The Morgan fingerprint density at radius 3 is 1.89 bits per heavy atom. The van der Waals surface area contributed by atoms with E-state index in [-0.39, 0.29) is 30.0 Å². The summed E-state index contributed by atoms with van der Waals surface area (Å²) in [5.74, 6) is 1.41. The Morgan fingerprint density at radius 1 is 0.821 bits per heavy atom. The van der Waals surface area contributed by atoms with Crippen LogP contribution in [0.1, 0.15) is 30.6 Å². The van der Waals surface area contributed by atoms with Gasteiger partial charge in [0.15, 0.2) is 0 Å². The first-order valence-electron chi connectivity index (χ1n) is 9.04. The molecule has 3 aromatic carbocycles. The molecule has 0 saturated heterocycles. The molecule has 0 bridgehead atoms. The van der Waals surface area contributed by atoms with Crippen molar-refractivity contribution in [3.05, 3.63) is 83.9 Å². The summed E-state index contributed by atoms with van der Waals surface area (Å²) in [6.07, 6.45) is 0.482. The normalized spacial score (nSPS) is 11.6. The van der Waals surface area contributed by atoms with Gasteiger partial charge in [-0.05, 0) is 73.0 Å². The van der Waals surface area contributed by atoms with Gasteiger partial charge in [-0.25, -0.2) is 0 Å². The van der Waals surface area contributed by atoms with Crippen molar-refractivity contribution in [3.63, 3.8) is 0 Å². The first kappa shape index (κ1) is 19.3. The predicted octanol–water partition coefficient (Wildman–Crippen LogP) is 5.13. The van der Waals surface area contributed by atoms with Gasteiger partial charge >= 0.3 is 5.97 Å². The average molecular weight is 378 g/mol. The second kappa shape index (κ2) is 8.95. The van der Waals surface area contributed by atoms with Crippen LogP contribution in [-0.4, -0.2) is 16.2 Å². The third-order valence-corrected chi connectivity index (χ3v) is 4.28. The van der Waals surface area contributed by atoms with E-state index in [4.69, 9.17) is 9.47 Å². The number of ether oxygens (including phenoxy) is 2. The Balaban J connectivity index is 1.48. The predicted molar refractivity (Wildman–Crippen MR) is 106 cm³/mol. The number of benzene rings is 3. The highest BCUT2D eigenvalue weighted by molar-refractivity contribution is 5.70. The van der Waals surface area contributed by atoms with Gasteiger partial charge in [0.2, 0.25) is 0 Å². The Hall–Kier alpha value is -3.47. The Morgan fingerprint density at radius 2 is 1.32 bits per heavy atom. The molecule has 0 aromatic heterocycles. The smallest absolute Gasteiger partial charge is 0.306 e. The molecule has 5 nitrogen and oxygen atoms in total. The number of phenols is 2. The standard InChI is InChI=1S/C23H22O5/c1-16(18-5-7-19(24)8-6-18)27-23(26)15-4-17-2-11-21(12-3-17)28-22-13-9-20(25)10-14-22/h2-3,5-14,16,24-25H,4,15H2,1H3. The molecule has 5 heteroatoms. The van der Waals surface area contributed by atoms with Crippen LogP contribution in [0.15, 0.2) is 72.8 Å². The zero-order chi connectivity index (χ0) is 19.9. The van der Waals surface area contributed by atoms with Crippen molar-refractivity contribution in [1.82, 2.24) is 0 Å². The molecule has 0 heterocycles. The molecule has 3 aromatic rings. The van der Waals surface area contributed by atoms with Crippen LogP contribution in [0.2, 0.25) is 0 Å². The second-order valence-electron chi connectivity index (χ2n) is 6.46. The molecule has 0 aliphatic rings. The fourth-order valence-electron chi connectivity index (χ4n) is 2.69. The van der Waals surface area contributed by atoms with Crippen LogP contribution in [0.4, 0.5) is 0 Å². The number of rotatable bonds is 7. The Kier molecular flexibility index (Phi) is 6.17. The van der Waals surface area contributed by atoms with Crippen molar-refractivity contribution in [3.8, 4) is 23.0 Å². The first-order valence-corrected chi connectivity index (χ1v) is 9.04. The van der Waals surface area contributed by atoms with Gasteiger partial charge in [-0.3, -0.25) is 4.79 Å². The number of carbonyl (C=O) groups excluding carboxylic acids is 1. The Bertz CT molecular complexity index is 899. The number of carbonyl (C=O) groups is 1. The maximum atomic E-state index is 12.1. The summed E-state index contributed by atoms with van der Waals surface area (Å²) in [5, 5.41) is 18.6. The lowest BCUT2D eigenvalue weighted by Crippen LogP contribution is -2.09. The number of aromatic hydroxyl groups is 2. The van der Waals surface area contributed by atoms with E-state index in [1.54, 1.807) is 55.5 Å². The van der Waals surface area contributed by atoms with E-state index in [0.29, 0.717) is 17.9 Å². The molecule has 0 fully saturated rings. The SMILES string of the molecule is CC(OC(=O)CCc1ccc(Oc2ccc(O)cc2)cc1)c1ccc(O)cc1. The highest BCUT2D eigenvalue weighted by Gasteiger charge is 2.12. The summed E-state index contributed by atoms with van der Waals surface area (Å²) < 4.78 is 11.1. The van der Waals surface area contributed by atoms with Crippen molar-refractivity contribution >= 4 is 5.97 Å². The molecule has 3 rings (SSSR count). The minimum absolute atomic E-state index is 0.181. The van der Waals surface area contributed by atoms with Crippen molar-refractivity contribution in [1.29, 1.82) is 0 Å². The van der Waals surface area contributed by atoms with Crippen LogP contribution in [0.3, 0.4) is 0 Å². The summed E-state index contributed by atoms with van der Waals surface area (Å²) in [4.78, 5) is 12.1. The lowest BCUT2D eigenvalue weighted by atomic mass is 10.1. The maximum Gasteiger partial charge on any atom is 0.306 e. The van der Waals surface area contributed by atoms with E-state index in [2.05, 4.69) is 0 Å². The summed E-state index contributed by atoms with van der Waals surface area (Å²) >= 11 is 0. The van der Waals surface area contributed by atoms with Crippen molar-refractivity contribution in [2.75, 3.05) is 0 Å². The molecule has 2 N–H and O–H groups in total. The Labute approximate surface area is 163 Å². The van der Waals surface area contributed by atoms with E-state index in [0.717, 1.165) is 11.1 Å². The molecule has 0 spiro atoms. The second-order valence-corrected chi connectivity index (χ2v) is 6.46. The number of aryl methyl sites for hydroxylation is 1. The maximum absolute atomic E-state index is 12.1. The number of phenolic OH excluding ortho intramolecular Hbond substituents is 2. The van der Waals surface area contributed by atoms with Crippen LogP contribution in [0.25, 0.3) is 0 Å². The molecule has 1 unspecified atom stereocenters. The number of esters is 1. The summed E-state index contributed by atoms with van der Waals surface area (Å²) in [6.45, 7) is 1.81. The largest absolute Gasteiger partial charge is 0.508 e. The van der Waals surface area contributed by atoms with Gasteiger partial charge in [0.1, 0.15) is 29.1 Å². The molecule has 1 atom stereocenters. The van der Waals surface area contributed by atoms with Gasteiger partial charge in [0, 0.05) is 6.42 Å². The fourth-order valence-corrected chi connectivity index (χ4v) is 2.69. The van der Waals surface area contributed by atoms with Crippen LogP contribution < -0.4 is 4.74 Å². The van der Waals surface area contributed by atoms with Gasteiger partial charge in [0.25, 0.3) is 0 Å². The zero-order valence-electron chi connectivity index (χ0n) is 15.5. The molecular formula is C23H22O5. The third kappa shape index (κ3) is 5.51. The summed E-state index contributed by atoms with van der Waals surface area (Å²) in [6, 6.07) is 20.6. The van der Waals surface area contributed by atoms with Crippen LogP contribution >= 0.6 is 0 Å². The average Bonchev–Trinajstić information content (AvgIpc) is 2.69. The molecular weight excluding hydrogens is 356 g/mol. The van der Waals surface area contributed by atoms with E-state index in [1.165, 1.54) is 0 Å². The summed E-state index contributed by atoms with van der Waals surface area (Å²) in [5.41, 5.74) is 1.84. The number of hydrogen-bond acceptors (Lipinski definition) is 5. The van der Waals surface area contributed by atoms with Crippen LogP contribution in [0, 0.1) is 0 Å². The van der Waals surface area contributed by atoms with Gasteiger partial charge < -0.3 is 19.7 Å². The molecule has 0 amide bonds. The molecule has 144 valence electrons. The zero-order valence-corrected chi connectivity index (χ0v) is 15.5. The molecule has 28 heavy (non-hydrogen) atoms.